The Morgan fingerprint density at radius 2 is 2.28 bits per heavy atom. The second-order valence-corrected chi connectivity index (χ2v) is 5.55. The lowest BCUT2D eigenvalue weighted by Crippen LogP contribution is -2.48. The summed E-state index contributed by atoms with van der Waals surface area (Å²) in [4.78, 5) is 14.0. The Hall–Kier alpha value is -0.610. The van der Waals surface area contributed by atoms with Gasteiger partial charge in [-0.05, 0) is 12.3 Å². The fourth-order valence-electron chi connectivity index (χ4n) is 2.24. The first kappa shape index (κ1) is 15.4. The topological polar surface area (TPSA) is 41.6 Å². The van der Waals surface area contributed by atoms with Crippen molar-refractivity contribution in [2.75, 3.05) is 32.8 Å². The van der Waals surface area contributed by atoms with Crippen LogP contribution < -0.4 is 5.32 Å². The van der Waals surface area contributed by atoms with Crippen LogP contribution in [0.25, 0.3) is 0 Å². The van der Waals surface area contributed by atoms with Crippen LogP contribution in [0.15, 0.2) is 0 Å². The van der Waals surface area contributed by atoms with Crippen LogP contribution in [0.5, 0.6) is 0 Å². The molecule has 1 N–H and O–H groups in total. The monoisotopic (exact) mass is 256 g/mol. The zero-order valence-electron chi connectivity index (χ0n) is 12.1. The van der Waals surface area contributed by atoms with E-state index in [-0.39, 0.29) is 12.0 Å². The highest BCUT2D eigenvalue weighted by molar-refractivity contribution is 5.75. The fraction of sp³-hybridized carbons (Fsp3) is 0.929. The Bertz CT molecular complexity index is 244. The van der Waals surface area contributed by atoms with E-state index in [0.717, 1.165) is 39.1 Å². The lowest BCUT2D eigenvalue weighted by atomic mass is 10.1. The normalized spacial score (nSPS) is 21.2. The molecule has 1 rings (SSSR count). The molecule has 0 saturated carbocycles. The highest BCUT2D eigenvalue weighted by Crippen LogP contribution is 2.07. The molecule has 0 spiro atoms. The Balaban J connectivity index is 2.19. The second-order valence-electron chi connectivity index (χ2n) is 5.55. The number of unbranched alkanes of at least 4 members (excludes halogenated alkanes) is 1. The molecule has 1 unspecified atom stereocenters. The summed E-state index contributed by atoms with van der Waals surface area (Å²) in [5, 5.41) is 2.97. The summed E-state index contributed by atoms with van der Waals surface area (Å²) in [7, 11) is 0. The SMILES string of the molecule is CCCCC(=O)NCC1CN(CC(C)C)CCO1. The van der Waals surface area contributed by atoms with E-state index in [0.29, 0.717) is 18.9 Å². The van der Waals surface area contributed by atoms with Crippen molar-refractivity contribution < 1.29 is 9.53 Å². The molecule has 4 nitrogen and oxygen atoms in total. The first-order chi connectivity index (χ1) is 8.61. The lowest BCUT2D eigenvalue weighted by Gasteiger charge is -2.33. The summed E-state index contributed by atoms with van der Waals surface area (Å²) in [5.41, 5.74) is 0. The number of rotatable bonds is 7. The smallest absolute Gasteiger partial charge is 0.220 e. The van der Waals surface area contributed by atoms with Gasteiger partial charge in [0.05, 0.1) is 12.7 Å². The van der Waals surface area contributed by atoms with Crippen LogP contribution in [0.2, 0.25) is 0 Å². The maximum atomic E-state index is 11.5. The van der Waals surface area contributed by atoms with Crippen LogP contribution in [0.3, 0.4) is 0 Å². The summed E-state index contributed by atoms with van der Waals surface area (Å²) in [6.45, 7) is 11.1. The quantitative estimate of drug-likeness (QED) is 0.753. The van der Waals surface area contributed by atoms with Crippen molar-refractivity contribution in [3.63, 3.8) is 0 Å². The van der Waals surface area contributed by atoms with Crippen LogP contribution in [0.4, 0.5) is 0 Å². The number of hydrogen-bond donors (Lipinski definition) is 1. The number of ether oxygens (including phenoxy) is 1. The van der Waals surface area contributed by atoms with E-state index in [4.69, 9.17) is 4.74 Å². The van der Waals surface area contributed by atoms with Gasteiger partial charge < -0.3 is 10.1 Å². The molecule has 0 aromatic rings. The molecule has 1 saturated heterocycles. The third-order valence-corrected chi connectivity index (χ3v) is 3.13. The van der Waals surface area contributed by atoms with Gasteiger partial charge in [0.15, 0.2) is 0 Å². The Labute approximate surface area is 111 Å². The minimum atomic E-state index is 0.154. The van der Waals surface area contributed by atoms with Gasteiger partial charge in [-0.25, -0.2) is 0 Å². The number of amides is 1. The van der Waals surface area contributed by atoms with Crippen molar-refractivity contribution in [2.24, 2.45) is 5.92 Å². The average Bonchev–Trinajstić information content (AvgIpc) is 2.33. The highest BCUT2D eigenvalue weighted by Gasteiger charge is 2.21. The van der Waals surface area contributed by atoms with Crippen molar-refractivity contribution in [3.8, 4) is 0 Å². The maximum absolute atomic E-state index is 11.5. The van der Waals surface area contributed by atoms with Gasteiger partial charge in [-0.1, -0.05) is 27.2 Å². The van der Waals surface area contributed by atoms with Crippen LogP contribution in [0, 0.1) is 5.92 Å². The number of carbonyl (C=O) groups is 1. The van der Waals surface area contributed by atoms with Gasteiger partial charge in [0.25, 0.3) is 0 Å². The Morgan fingerprint density at radius 1 is 1.50 bits per heavy atom. The van der Waals surface area contributed by atoms with E-state index in [1.165, 1.54) is 0 Å². The Morgan fingerprint density at radius 3 is 2.94 bits per heavy atom. The van der Waals surface area contributed by atoms with Gasteiger partial charge in [-0.15, -0.1) is 0 Å². The number of nitrogens with one attached hydrogen (secondary N) is 1. The molecular formula is C14H28N2O2. The largest absolute Gasteiger partial charge is 0.374 e. The maximum Gasteiger partial charge on any atom is 0.220 e. The lowest BCUT2D eigenvalue weighted by molar-refractivity contribution is -0.122. The second kappa shape index (κ2) is 8.48. The van der Waals surface area contributed by atoms with Gasteiger partial charge in [0.1, 0.15) is 0 Å². The molecule has 18 heavy (non-hydrogen) atoms. The Kier molecular flexibility index (Phi) is 7.28. The summed E-state index contributed by atoms with van der Waals surface area (Å²) in [6.07, 6.45) is 2.83. The summed E-state index contributed by atoms with van der Waals surface area (Å²) in [6, 6.07) is 0. The highest BCUT2D eigenvalue weighted by atomic mass is 16.5. The molecule has 0 aliphatic carbocycles. The molecule has 1 fully saturated rings. The molecule has 0 radical (unpaired) electrons. The third-order valence-electron chi connectivity index (χ3n) is 3.13. The first-order valence-electron chi connectivity index (χ1n) is 7.22. The number of hydrogen-bond acceptors (Lipinski definition) is 3. The molecule has 1 amide bonds. The molecule has 0 aromatic carbocycles. The van der Waals surface area contributed by atoms with Crippen molar-refractivity contribution in [1.82, 2.24) is 10.2 Å². The van der Waals surface area contributed by atoms with E-state index < -0.39 is 0 Å². The van der Waals surface area contributed by atoms with E-state index >= 15 is 0 Å². The standard InChI is InChI=1S/C14H28N2O2/c1-4-5-6-14(17)15-9-13-11-16(7-8-18-13)10-12(2)3/h12-13H,4-11H2,1-3H3,(H,15,17). The third kappa shape index (κ3) is 6.36. The predicted octanol–water partition coefficient (Wildman–Crippen LogP) is 1.65. The molecule has 106 valence electrons. The summed E-state index contributed by atoms with van der Waals surface area (Å²) < 4.78 is 5.69. The molecule has 0 aromatic heterocycles. The zero-order chi connectivity index (χ0) is 13.4. The molecular weight excluding hydrogens is 228 g/mol. The summed E-state index contributed by atoms with van der Waals surface area (Å²) in [5.74, 6) is 0.837. The minimum Gasteiger partial charge on any atom is -0.374 e. The van der Waals surface area contributed by atoms with E-state index in [1.807, 2.05) is 0 Å². The average molecular weight is 256 g/mol. The number of carbonyl (C=O) groups excluding carboxylic acids is 1. The zero-order valence-corrected chi connectivity index (χ0v) is 12.1. The molecule has 1 atom stereocenters. The molecule has 1 aliphatic heterocycles. The van der Waals surface area contributed by atoms with Crippen molar-refractivity contribution in [3.05, 3.63) is 0 Å². The predicted molar refractivity (Wildman–Crippen MR) is 73.6 cm³/mol. The van der Waals surface area contributed by atoms with Crippen molar-refractivity contribution >= 4 is 5.91 Å². The fourth-order valence-corrected chi connectivity index (χ4v) is 2.24. The van der Waals surface area contributed by atoms with Crippen LogP contribution in [-0.4, -0.2) is 49.7 Å². The van der Waals surface area contributed by atoms with Gasteiger partial charge in [-0.2, -0.15) is 0 Å². The van der Waals surface area contributed by atoms with E-state index in [2.05, 4.69) is 31.0 Å². The van der Waals surface area contributed by atoms with Gasteiger partial charge in [0, 0.05) is 32.6 Å². The van der Waals surface area contributed by atoms with E-state index in [9.17, 15) is 4.79 Å². The first-order valence-corrected chi connectivity index (χ1v) is 7.22. The molecule has 1 aliphatic rings. The van der Waals surface area contributed by atoms with Crippen LogP contribution in [0.1, 0.15) is 40.0 Å². The summed E-state index contributed by atoms with van der Waals surface area (Å²) >= 11 is 0. The van der Waals surface area contributed by atoms with Gasteiger partial charge >= 0.3 is 0 Å². The van der Waals surface area contributed by atoms with Crippen molar-refractivity contribution in [1.29, 1.82) is 0 Å². The number of nitrogens with zero attached hydrogens (tertiary/aromatic N) is 1. The van der Waals surface area contributed by atoms with Crippen molar-refractivity contribution in [2.45, 2.75) is 46.1 Å². The van der Waals surface area contributed by atoms with E-state index in [1.54, 1.807) is 0 Å². The molecule has 4 heteroatoms. The van der Waals surface area contributed by atoms with Gasteiger partial charge in [0.2, 0.25) is 5.91 Å². The van der Waals surface area contributed by atoms with Crippen LogP contribution in [-0.2, 0) is 9.53 Å². The minimum absolute atomic E-state index is 0.154. The molecule has 1 heterocycles. The number of morpholine rings is 1. The van der Waals surface area contributed by atoms with Gasteiger partial charge in [-0.3, -0.25) is 9.69 Å². The molecule has 0 bridgehead atoms. The van der Waals surface area contributed by atoms with Crippen LogP contribution >= 0.6 is 0 Å².